The van der Waals surface area contributed by atoms with Gasteiger partial charge in [-0.2, -0.15) is 0 Å². The van der Waals surface area contributed by atoms with Crippen molar-refractivity contribution in [1.82, 2.24) is 10.2 Å². The summed E-state index contributed by atoms with van der Waals surface area (Å²) in [7, 11) is 1.95. The zero-order chi connectivity index (χ0) is 19.4. The molecule has 0 fully saturated rings. The largest absolute Gasteiger partial charge is 0.348 e. The molecule has 140 valence electrons. The maximum atomic E-state index is 13.1. The van der Waals surface area contributed by atoms with Crippen LogP contribution in [0, 0.1) is 5.82 Å². The van der Waals surface area contributed by atoms with Gasteiger partial charge in [-0.3, -0.25) is 9.69 Å². The van der Waals surface area contributed by atoms with Crippen molar-refractivity contribution in [2.45, 2.75) is 32.5 Å². The van der Waals surface area contributed by atoms with Crippen LogP contribution in [0.15, 0.2) is 66.7 Å². The van der Waals surface area contributed by atoms with Crippen molar-refractivity contribution in [3.05, 3.63) is 83.7 Å². The maximum absolute atomic E-state index is 13.1. The molecule has 3 aromatic carbocycles. The SMILES string of the molecule is C[C@H](C(=O)N[C@H](C)c1ccc(F)cc1)N(C)Cc1ccc2ccccc2c1. The Labute approximate surface area is 159 Å². The number of rotatable bonds is 6. The lowest BCUT2D eigenvalue weighted by Gasteiger charge is -2.26. The first-order valence-corrected chi connectivity index (χ1v) is 9.18. The number of nitrogens with one attached hydrogen (secondary N) is 1. The van der Waals surface area contributed by atoms with E-state index in [4.69, 9.17) is 0 Å². The second-order valence-corrected chi connectivity index (χ2v) is 7.05. The third kappa shape index (κ3) is 4.72. The van der Waals surface area contributed by atoms with Gasteiger partial charge < -0.3 is 5.32 Å². The maximum Gasteiger partial charge on any atom is 0.237 e. The summed E-state index contributed by atoms with van der Waals surface area (Å²) < 4.78 is 13.1. The highest BCUT2D eigenvalue weighted by molar-refractivity contribution is 5.83. The molecule has 3 nitrogen and oxygen atoms in total. The summed E-state index contributed by atoms with van der Waals surface area (Å²) in [5.74, 6) is -0.323. The first kappa shape index (κ1) is 19.1. The van der Waals surface area contributed by atoms with E-state index in [1.54, 1.807) is 12.1 Å². The minimum absolute atomic E-state index is 0.0462. The molecule has 0 aromatic heterocycles. The van der Waals surface area contributed by atoms with Crippen LogP contribution in [-0.4, -0.2) is 23.9 Å². The molecule has 0 saturated heterocycles. The molecule has 0 aliphatic heterocycles. The van der Waals surface area contributed by atoms with Crippen LogP contribution in [0.25, 0.3) is 10.8 Å². The average Bonchev–Trinajstić information content (AvgIpc) is 2.67. The molecule has 1 amide bonds. The van der Waals surface area contributed by atoms with Crippen LogP contribution in [-0.2, 0) is 11.3 Å². The van der Waals surface area contributed by atoms with Gasteiger partial charge in [0.2, 0.25) is 5.91 Å². The van der Waals surface area contributed by atoms with Gasteiger partial charge in [-0.1, -0.05) is 48.5 Å². The van der Waals surface area contributed by atoms with Crippen molar-refractivity contribution in [1.29, 1.82) is 0 Å². The molecule has 3 aromatic rings. The number of amides is 1. The van der Waals surface area contributed by atoms with Crippen LogP contribution in [0.4, 0.5) is 4.39 Å². The minimum Gasteiger partial charge on any atom is -0.348 e. The molecule has 0 aliphatic carbocycles. The fourth-order valence-electron chi connectivity index (χ4n) is 3.13. The molecule has 0 saturated carbocycles. The summed E-state index contributed by atoms with van der Waals surface area (Å²) in [4.78, 5) is 14.6. The van der Waals surface area contributed by atoms with E-state index in [9.17, 15) is 9.18 Å². The zero-order valence-corrected chi connectivity index (χ0v) is 15.9. The molecule has 0 aliphatic rings. The van der Waals surface area contributed by atoms with E-state index >= 15 is 0 Å². The predicted molar refractivity (Wildman–Crippen MR) is 108 cm³/mol. The predicted octanol–water partition coefficient (Wildman–Crippen LogP) is 4.68. The highest BCUT2D eigenvalue weighted by Crippen LogP contribution is 2.18. The second-order valence-electron chi connectivity index (χ2n) is 7.05. The smallest absolute Gasteiger partial charge is 0.237 e. The lowest BCUT2D eigenvalue weighted by molar-refractivity contribution is -0.126. The molecule has 0 unspecified atom stereocenters. The highest BCUT2D eigenvalue weighted by Gasteiger charge is 2.20. The summed E-state index contributed by atoms with van der Waals surface area (Å²) in [5.41, 5.74) is 2.05. The summed E-state index contributed by atoms with van der Waals surface area (Å²) in [6, 6.07) is 20.4. The Bertz CT molecular complexity index is 923. The third-order valence-corrected chi connectivity index (χ3v) is 5.02. The molecule has 2 atom stereocenters. The van der Waals surface area contributed by atoms with Crippen LogP contribution in [0.2, 0.25) is 0 Å². The Kier molecular flexibility index (Phi) is 5.87. The Morgan fingerprint density at radius 3 is 2.37 bits per heavy atom. The van der Waals surface area contributed by atoms with E-state index < -0.39 is 0 Å². The van der Waals surface area contributed by atoms with E-state index in [1.807, 2.05) is 37.9 Å². The van der Waals surface area contributed by atoms with E-state index in [0.29, 0.717) is 6.54 Å². The number of halogens is 1. The summed E-state index contributed by atoms with van der Waals surface area (Å²) in [5, 5.41) is 5.42. The van der Waals surface area contributed by atoms with Gasteiger partial charge in [-0.25, -0.2) is 4.39 Å². The van der Waals surface area contributed by atoms with Crippen LogP contribution >= 0.6 is 0 Å². The van der Waals surface area contributed by atoms with E-state index in [-0.39, 0.29) is 23.8 Å². The van der Waals surface area contributed by atoms with E-state index in [1.165, 1.54) is 28.5 Å². The van der Waals surface area contributed by atoms with Gasteiger partial charge in [0.05, 0.1) is 12.1 Å². The molecule has 3 rings (SSSR count). The summed E-state index contributed by atoms with van der Waals surface area (Å²) >= 11 is 0. The van der Waals surface area contributed by atoms with Gasteiger partial charge in [0.25, 0.3) is 0 Å². The average molecular weight is 364 g/mol. The fourth-order valence-corrected chi connectivity index (χ4v) is 3.13. The van der Waals surface area contributed by atoms with Gasteiger partial charge >= 0.3 is 0 Å². The van der Waals surface area contributed by atoms with Gasteiger partial charge in [0.15, 0.2) is 0 Å². The van der Waals surface area contributed by atoms with Crippen molar-refractivity contribution < 1.29 is 9.18 Å². The molecular weight excluding hydrogens is 339 g/mol. The zero-order valence-electron chi connectivity index (χ0n) is 15.9. The third-order valence-electron chi connectivity index (χ3n) is 5.02. The first-order valence-electron chi connectivity index (χ1n) is 9.18. The van der Waals surface area contributed by atoms with Crippen molar-refractivity contribution in [3.8, 4) is 0 Å². The van der Waals surface area contributed by atoms with Crippen LogP contribution in [0.5, 0.6) is 0 Å². The fraction of sp³-hybridized carbons (Fsp3) is 0.261. The number of benzene rings is 3. The number of fused-ring (bicyclic) bond motifs is 1. The molecular formula is C23H25FN2O. The molecule has 0 bridgehead atoms. The Morgan fingerprint density at radius 2 is 1.67 bits per heavy atom. The summed E-state index contributed by atoms with van der Waals surface area (Å²) in [6.07, 6.45) is 0. The van der Waals surface area contributed by atoms with Gasteiger partial charge in [0.1, 0.15) is 5.82 Å². The van der Waals surface area contributed by atoms with Gasteiger partial charge in [-0.05, 0) is 61.0 Å². The van der Waals surface area contributed by atoms with Crippen LogP contribution in [0.3, 0.4) is 0 Å². The lowest BCUT2D eigenvalue weighted by atomic mass is 10.1. The molecule has 4 heteroatoms. The minimum atomic E-state index is -0.278. The quantitative estimate of drug-likeness (QED) is 0.689. The monoisotopic (exact) mass is 364 g/mol. The van der Waals surface area contributed by atoms with Gasteiger partial charge in [-0.15, -0.1) is 0 Å². The first-order chi connectivity index (χ1) is 12.9. The van der Waals surface area contributed by atoms with Gasteiger partial charge in [0, 0.05) is 6.54 Å². The van der Waals surface area contributed by atoms with Crippen molar-refractivity contribution in [3.63, 3.8) is 0 Å². The molecule has 27 heavy (non-hydrogen) atoms. The van der Waals surface area contributed by atoms with Crippen molar-refractivity contribution >= 4 is 16.7 Å². The Balaban J connectivity index is 1.62. The topological polar surface area (TPSA) is 32.3 Å². The normalized spacial score (nSPS) is 13.5. The van der Waals surface area contributed by atoms with Crippen LogP contribution in [0.1, 0.15) is 31.0 Å². The highest BCUT2D eigenvalue weighted by atomic mass is 19.1. The van der Waals surface area contributed by atoms with E-state index in [0.717, 1.165) is 5.56 Å². The number of nitrogens with zero attached hydrogens (tertiary/aromatic N) is 1. The standard InChI is InChI=1S/C23H25FN2O/c1-16(19-10-12-22(24)13-11-19)25-23(27)17(2)26(3)15-18-8-9-20-6-4-5-7-21(20)14-18/h4-14,16-17H,15H2,1-3H3,(H,25,27)/t16-,17-/m1/s1. The molecule has 0 heterocycles. The van der Waals surface area contributed by atoms with Crippen molar-refractivity contribution in [2.24, 2.45) is 0 Å². The molecule has 0 radical (unpaired) electrons. The number of hydrogen-bond donors (Lipinski definition) is 1. The number of likely N-dealkylation sites (N-methyl/N-ethyl adjacent to an activating group) is 1. The Hall–Kier alpha value is -2.72. The van der Waals surface area contributed by atoms with Crippen molar-refractivity contribution in [2.75, 3.05) is 7.05 Å². The number of carbonyl (C=O) groups excluding carboxylic acids is 1. The lowest BCUT2D eigenvalue weighted by Crippen LogP contribution is -2.43. The van der Waals surface area contributed by atoms with Crippen LogP contribution < -0.4 is 5.32 Å². The number of carbonyl (C=O) groups is 1. The van der Waals surface area contributed by atoms with E-state index in [2.05, 4.69) is 35.6 Å². The number of hydrogen-bond acceptors (Lipinski definition) is 2. The Morgan fingerprint density at radius 1 is 1.00 bits per heavy atom. The molecule has 0 spiro atoms. The second kappa shape index (κ2) is 8.31. The summed E-state index contributed by atoms with van der Waals surface area (Å²) in [6.45, 7) is 4.49. The molecule has 1 N–H and O–H groups in total.